The second-order valence-electron chi connectivity index (χ2n) is 8.21. The highest BCUT2D eigenvalue weighted by molar-refractivity contribution is 6.48. The zero-order chi connectivity index (χ0) is 22.4. The summed E-state index contributed by atoms with van der Waals surface area (Å²) < 4.78 is 47.9. The maximum absolute atomic E-state index is 14.2. The van der Waals surface area contributed by atoms with Crippen molar-refractivity contribution in [3.05, 3.63) is 74.4 Å². The van der Waals surface area contributed by atoms with Crippen LogP contribution in [0, 0.1) is 5.92 Å². The minimum atomic E-state index is -4.69. The monoisotopic (exact) mass is 489 g/mol. The molecule has 2 aromatic carbocycles. The number of hydrogen-bond acceptors (Lipinski definition) is 2. The van der Waals surface area contributed by atoms with Crippen LogP contribution < -0.4 is 5.32 Å². The summed E-state index contributed by atoms with van der Waals surface area (Å²) in [6.45, 7) is 3.07. The highest BCUT2D eigenvalue weighted by Gasteiger charge is 2.60. The van der Waals surface area contributed by atoms with E-state index in [1.165, 1.54) is 19.1 Å². The van der Waals surface area contributed by atoms with Gasteiger partial charge in [0.05, 0.1) is 21.3 Å². The summed E-state index contributed by atoms with van der Waals surface area (Å²) in [6, 6.07) is 10.0. The van der Waals surface area contributed by atoms with Crippen LogP contribution in [-0.2, 0) is 10.3 Å². The van der Waals surface area contributed by atoms with Crippen LogP contribution in [0.5, 0.6) is 0 Å². The van der Waals surface area contributed by atoms with E-state index in [1.807, 2.05) is 24.3 Å². The fourth-order valence-electron chi connectivity index (χ4n) is 3.75. The molecule has 4 rings (SSSR count). The van der Waals surface area contributed by atoms with Gasteiger partial charge in [0.15, 0.2) is 0 Å². The van der Waals surface area contributed by atoms with E-state index < -0.39 is 11.8 Å². The third-order valence-corrected chi connectivity index (χ3v) is 7.14. The number of rotatable bonds is 6. The van der Waals surface area contributed by atoms with Crippen molar-refractivity contribution in [2.45, 2.75) is 44.0 Å². The third-order valence-electron chi connectivity index (χ3n) is 5.94. The molecule has 166 valence electrons. The highest BCUT2D eigenvalue weighted by atomic mass is 35.5. The summed E-state index contributed by atoms with van der Waals surface area (Å²) in [5, 5.41) is 3.40. The van der Waals surface area contributed by atoms with Gasteiger partial charge in [0.1, 0.15) is 0 Å². The number of ether oxygens (including phenoxy) is 1. The minimum absolute atomic E-state index is 0.00981. The predicted octanol–water partition coefficient (Wildman–Crippen LogP) is 7.93. The molecule has 1 unspecified atom stereocenters. The van der Waals surface area contributed by atoms with Crippen molar-refractivity contribution in [3.63, 3.8) is 0 Å². The van der Waals surface area contributed by atoms with Crippen molar-refractivity contribution < 1.29 is 17.9 Å². The van der Waals surface area contributed by atoms with Gasteiger partial charge in [0.25, 0.3) is 0 Å². The van der Waals surface area contributed by atoms with Gasteiger partial charge in [0.2, 0.25) is 5.60 Å². The molecular formula is C23H21Cl3F3NO. The average molecular weight is 491 g/mol. The zero-order valence-corrected chi connectivity index (χ0v) is 19.0. The van der Waals surface area contributed by atoms with Crippen molar-refractivity contribution in [2.24, 2.45) is 5.92 Å². The Kier molecular flexibility index (Phi) is 6.25. The van der Waals surface area contributed by atoms with E-state index in [0.29, 0.717) is 11.1 Å². The molecule has 1 saturated carbocycles. The number of alkyl halides is 3. The molecule has 0 saturated heterocycles. The lowest BCUT2D eigenvalue weighted by Crippen LogP contribution is -2.42. The Balaban J connectivity index is 1.56. The molecule has 31 heavy (non-hydrogen) atoms. The second kappa shape index (κ2) is 8.51. The van der Waals surface area contributed by atoms with Crippen molar-refractivity contribution in [2.75, 3.05) is 6.54 Å². The Morgan fingerprint density at radius 3 is 2.26 bits per heavy atom. The maximum Gasteiger partial charge on any atom is 0.432 e. The number of halogens is 6. The lowest BCUT2D eigenvalue weighted by Gasteiger charge is -2.32. The fourth-order valence-corrected chi connectivity index (χ4v) is 4.35. The molecule has 1 fully saturated rings. The van der Waals surface area contributed by atoms with Gasteiger partial charge in [-0.3, -0.25) is 0 Å². The van der Waals surface area contributed by atoms with E-state index in [9.17, 15) is 13.2 Å². The van der Waals surface area contributed by atoms with Gasteiger partial charge in [-0.25, -0.2) is 0 Å². The standard InChI is InChI=1S/C23H21Cl3F3NO/c1-13(30-11-14-2-3-14)15-4-6-16(7-5-15)17-10-22(31-12-17,23(27,28)29)18-8-19(24)21(26)20(25)9-18/h4-9,12-14,30H,2-3,10-11H2,1H3/t13-,22?/m0/s1. The smallest absolute Gasteiger partial charge is 0.432 e. The molecule has 0 aromatic heterocycles. The Morgan fingerprint density at radius 2 is 1.71 bits per heavy atom. The van der Waals surface area contributed by atoms with Gasteiger partial charge < -0.3 is 10.1 Å². The summed E-state index contributed by atoms with van der Waals surface area (Å²) in [7, 11) is 0. The fraction of sp³-hybridized carbons (Fsp3) is 0.391. The number of benzene rings is 2. The summed E-state index contributed by atoms with van der Waals surface area (Å²) in [6.07, 6.45) is -1.35. The minimum Gasteiger partial charge on any atom is -0.480 e. The summed E-state index contributed by atoms with van der Waals surface area (Å²) in [5.74, 6) is 0.771. The second-order valence-corrected chi connectivity index (χ2v) is 9.40. The molecule has 0 amide bonds. The molecule has 1 aliphatic carbocycles. The van der Waals surface area contributed by atoms with Crippen LogP contribution in [0.2, 0.25) is 15.1 Å². The molecule has 0 spiro atoms. The van der Waals surface area contributed by atoms with E-state index in [2.05, 4.69) is 12.2 Å². The maximum atomic E-state index is 14.2. The van der Waals surface area contributed by atoms with Gasteiger partial charge in [-0.15, -0.1) is 0 Å². The van der Waals surface area contributed by atoms with Gasteiger partial charge in [-0.1, -0.05) is 59.1 Å². The third kappa shape index (κ3) is 4.56. The predicted molar refractivity (Wildman–Crippen MR) is 118 cm³/mol. The molecule has 2 aromatic rings. The largest absolute Gasteiger partial charge is 0.480 e. The van der Waals surface area contributed by atoms with Gasteiger partial charge in [-0.05, 0) is 61.1 Å². The van der Waals surface area contributed by atoms with Crippen LogP contribution in [0.15, 0.2) is 42.7 Å². The van der Waals surface area contributed by atoms with Crippen LogP contribution in [-0.4, -0.2) is 12.7 Å². The molecule has 8 heteroatoms. The Hall–Kier alpha value is -1.40. The van der Waals surface area contributed by atoms with E-state index in [0.717, 1.165) is 30.2 Å². The molecule has 1 N–H and O–H groups in total. The zero-order valence-electron chi connectivity index (χ0n) is 16.7. The molecule has 2 nitrogen and oxygen atoms in total. The quantitative estimate of drug-likeness (QED) is 0.415. The molecule has 1 heterocycles. The van der Waals surface area contributed by atoms with Crippen molar-refractivity contribution in [1.82, 2.24) is 5.32 Å². The normalized spacial score (nSPS) is 22.2. The van der Waals surface area contributed by atoms with Crippen LogP contribution in [0.3, 0.4) is 0 Å². The van der Waals surface area contributed by atoms with Crippen molar-refractivity contribution in [1.29, 1.82) is 0 Å². The molecule has 0 bridgehead atoms. The van der Waals surface area contributed by atoms with Gasteiger partial charge in [0, 0.05) is 18.0 Å². The lowest BCUT2D eigenvalue weighted by atomic mass is 9.86. The average Bonchev–Trinajstić information content (AvgIpc) is 3.44. The van der Waals surface area contributed by atoms with Crippen LogP contribution in [0.25, 0.3) is 5.57 Å². The SMILES string of the molecule is C[C@H](NCC1CC1)c1ccc(C2=COC(c3cc(Cl)c(Cl)c(Cl)c3)(C(F)(F)F)C2)cc1. The van der Waals surface area contributed by atoms with E-state index in [-0.39, 0.29) is 33.1 Å². The van der Waals surface area contributed by atoms with Crippen LogP contribution in [0.4, 0.5) is 13.2 Å². The van der Waals surface area contributed by atoms with Gasteiger partial charge in [-0.2, -0.15) is 13.2 Å². The Bertz CT molecular complexity index is 979. The molecule has 2 atom stereocenters. The molecule has 0 radical (unpaired) electrons. The Morgan fingerprint density at radius 1 is 1.10 bits per heavy atom. The van der Waals surface area contributed by atoms with E-state index in [1.54, 1.807) is 0 Å². The van der Waals surface area contributed by atoms with E-state index >= 15 is 0 Å². The van der Waals surface area contributed by atoms with Crippen LogP contribution >= 0.6 is 34.8 Å². The lowest BCUT2D eigenvalue weighted by molar-refractivity contribution is -0.260. The summed E-state index contributed by atoms with van der Waals surface area (Å²) >= 11 is 17.9. The first kappa shape index (κ1) is 22.8. The number of hydrogen-bond donors (Lipinski definition) is 1. The molecular weight excluding hydrogens is 470 g/mol. The van der Waals surface area contributed by atoms with Crippen LogP contribution in [0.1, 0.15) is 48.9 Å². The van der Waals surface area contributed by atoms with E-state index in [4.69, 9.17) is 39.5 Å². The first-order valence-electron chi connectivity index (χ1n) is 10.0. The first-order chi connectivity index (χ1) is 14.6. The Labute approximate surface area is 194 Å². The van der Waals surface area contributed by atoms with Gasteiger partial charge >= 0.3 is 6.18 Å². The topological polar surface area (TPSA) is 21.3 Å². The van der Waals surface area contributed by atoms with Crippen molar-refractivity contribution >= 4 is 40.4 Å². The number of nitrogens with one attached hydrogen (secondary N) is 1. The summed E-state index contributed by atoms with van der Waals surface area (Å²) in [4.78, 5) is 0. The van der Waals surface area contributed by atoms with Crippen molar-refractivity contribution in [3.8, 4) is 0 Å². The first-order valence-corrected chi connectivity index (χ1v) is 11.2. The molecule has 1 aliphatic heterocycles. The highest BCUT2D eigenvalue weighted by Crippen LogP contribution is 2.53. The molecule has 2 aliphatic rings. The summed E-state index contributed by atoms with van der Waals surface area (Å²) in [5.41, 5.74) is -0.541.